The number of hydrogen-bond donors (Lipinski definition) is 1. The van der Waals surface area contributed by atoms with Crippen molar-refractivity contribution >= 4 is 0 Å². The van der Waals surface area contributed by atoms with Crippen LogP contribution in [0.5, 0.6) is 0 Å². The third kappa shape index (κ3) is 1.96. The van der Waals surface area contributed by atoms with Crippen LogP contribution >= 0.6 is 0 Å². The zero-order valence-electron chi connectivity index (χ0n) is 6.77. The van der Waals surface area contributed by atoms with Crippen molar-refractivity contribution in [1.29, 1.82) is 0 Å². The van der Waals surface area contributed by atoms with Crippen LogP contribution in [0.15, 0.2) is 0 Å². The first kappa shape index (κ1) is 8.02. The first-order chi connectivity index (χ1) is 4.84. The van der Waals surface area contributed by atoms with Crippen LogP contribution in [-0.4, -0.2) is 37.6 Å². The Morgan fingerprint density at radius 2 is 2.50 bits per heavy atom. The molecule has 59 valence electrons. The maximum atomic E-state index is 3.86. The van der Waals surface area contributed by atoms with Crippen molar-refractivity contribution in [3.8, 4) is 0 Å². The molecule has 1 N–H and O–H groups in total. The molecule has 0 saturated carbocycles. The molecule has 1 fully saturated rings. The Bertz CT molecular complexity index is 87.3. The van der Waals surface area contributed by atoms with Crippen LogP contribution in [0.1, 0.15) is 12.8 Å². The molecule has 1 atom stereocenters. The number of piperidine rings is 1. The van der Waals surface area contributed by atoms with Gasteiger partial charge in [-0.3, -0.25) is 0 Å². The van der Waals surface area contributed by atoms with E-state index in [-0.39, 0.29) is 0 Å². The lowest BCUT2D eigenvalue weighted by Crippen LogP contribution is -2.43. The van der Waals surface area contributed by atoms with Gasteiger partial charge in [0.1, 0.15) is 0 Å². The highest BCUT2D eigenvalue weighted by Gasteiger charge is 2.15. The first-order valence-corrected chi connectivity index (χ1v) is 4.05. The van der Waals surface area contributed by atoms with Crippen LogP contribution in [0, 0.1) is 6.92 Å². The molecule has 1 heterocycles. The molecule has 0 aromatic heterocycles. The quantitative estimate of drug-likeness (QED) is 0.602. The molecule has 1 aliphatic heterocycles. The van der Waals surface area contributed by atoms with Crippen molar-refractivity contribution in [1.82, 2.24) is 10.2 Å². The van der Waals surface area contributed by atoms with Gasteiger partial charge in [0.25, 0.3) is 0 Å². The summed E-state index contributed by atoms with van der Waals surface area (Å²) in [7, 11) is 2.14. The van der Waals surface area contributed by atoms with E-state index in [0.717, 1.165) is 19.1 Å². The number of hydrogen-bond acceptors (Lipinski definition) is 2. The maximum Gasteiger partial charge on any atom is 0.0218 e. The van der Waals surface area contributed by atoms with Crippen molar-refractivity contribution < 1.29 is 0 Å². The van der Waals surface area contributed by atoms with E-state index in [0.29, 0.717) is 0 Å². The number of nitrogens with one attached hydrogen (secondary N) is 1. The second kappa shape index (κ2) is 3.94. The molecule has 0 aromatic carbocycles. The van der Waals surface area contributed by atoms with Crippen LogP contribution in [0.25, 0.3) is 0 Å². The van der Waals surface area contributed by atoms with Crippen molar-refractivity contribution in [3.63, 3.8) is 0 Å². The fourth-order valence-corrected chi connectivity index (χ4v) is 1.39. The minimum absolute atomic E-state index is 0.728. The Balaban J connectivity index is 2.24. The molecular formula is C8H17N2. The summed E-state index contributed by atoms with van der Waals surface area (Å²) < 4.78 is 0. The van der Waals surface area contributed by atoms with Crippen LogP contribution in [0.4, 0.5) is 0 Å². The molecule has 2 heteroatoms. The number of rotatable bonds is 2. The molecule has 10 heavy (non-hydrogen) atoms. The Kier molecular flexibility index (Phi) is 3.16. The molecule has 0 spiro atoms. The molecule has 1 aliphatic rings. The van der Waals surface area contributed by atoms with Gasteiger partial charge in [-0.2, -0.15) is 0 Å². The van der Waals surface area contributed by atoms with E-state index in [1.165, 1.54) is 19.4 Å². The van der Waals surface area contributed by atoms with Crippen LogP contribution in [-0.2, 0) is 0 Å². The van der Waals surface area contributed by atoms with Crippen molar-refractivity contribution in [2.24, 2.45) is 0 Å². The summed E-state index contributed by atoms with van der Waals surface area (Å²) in [5, 5.41) is 3.38. The normalized spacial score (nSPS) is 27.3. The summed E-state index contributed by atoms with van der Waals surface area (Å²) in [6.45, 7) is 7.12. The lowest BCUT2D eigenvalue weighted by Gasteiger charge is -2.30. The lowest BCUT2D eigenvalue weighted by molar-refractivity contribution is 0.221. The molecule has 0 amide bonds. The Morgan fingerprint density at radius 1 is 1.70 bits per heavy atom. The number of likely N-dealkylation sites (N-methyl/N-ethyl adjacent to an activating group) is 1. The molecule has 0 bridgehead atoms. The van der Waals surface area contributed by atoms with Gasteiger partial charge in [0, 0.05) is 12.6 Å². The molecule has 1 unspecified atom stereocenters. The number of nitrogens with zero attached hydrogens (tertiary/aromatic N) is 1. The van der Waals surface area contributed by atoms with E-state index in [1.54, 1.807) is 0 Å². The first-order valence-electron chi connectivity index (χ1n) is 4.05. The monoisotopic (exact) mass is 141 g/mol. The van der Waals surface area contributed by atoms with E-state index in [2.05, 4.69) is 24.2 Å². The van der Waals surface area contributed by atoms with Crippen LogP contribution < -0.4 is 5.32 Å². The Hall–Kier alpha value is -0.0800. The van der Waals surface area contributed by atoms with Gasteiger partial charge in [0.05, 0.1) is 0 Å². The second-order valence-electron chi connectivity index (χ2n) is 2.98. The molecule has 1 saturated heterocycles. The zero-order valence-corrected chi connectivity index (χ0v) is 6.77. The van der Waals surface area contributed by atoms with E-state index in [1.807, 2.05) is 0 Å². The highest BCUT2D eigenvalue weighted by molar-refractivity contribution is 4.76. The Labute approximate surface area is 63.6 Å². The van der Waals surface area contributed by atoms with Gasteiger partial charge in [-0.05, 0) is 39.9 Å². The van der Waals surface area contributed by atoms with Gasteiger partial charge in [-0.15, -0.1) is 0 Å². The summed E-state index contributed by atoms with van der Waals surface area (Å²) in [5.74, 6) is 0. The third-order valence-corrected chi connectivity index (χ3v) is 2.25. The fourth-order valence-electron chi connectivity index (χ4n) is 1.39. The molecule has 1 radical (unpaired) electrons. The largest absolute Gasteiger partial charge is 0.315 e. The molecular weight excluding hydrogens is 124 g/mol. The molecule has 0 aliphatic carbocycles. The molecule has 1 rings (SSSR count). The predicted molar refractivity (Wildman–Crippen MR) is 43.9 cm³/mol. The standard InChI is InChI=1S/C8H17N2/c1-3-10(2)8-5-4-6-9-7-8/h8-9H,1,3-7H2,2H3. The summed E-state index contributed by atoms with van der Waals surface area (Å²) in [4.78, 5) is 2.31. The molecule has 0 aromatic rings. The van der Waals surface area contributed by atoms with Gasteiger partial charge in [-0.25, -0.2) is 0 Å². The smallest absolute Gasteiger partial charge is 0.0218 e. The molecule has 2 nitrogen and oxygen atoms in total. The van der Waals surface area contributed by atoms with Crippen molar-refractivity contribution in [2.45, 2.75) is 18.9 Å². The zero-order chi connectivity index (χ0) is 7.40. The lowest BCUT2D eigenvalue weighted by atomic mass is 10.1. The third-order valence-electron chi connectivity index (χ3n) is 2.25. The van der Waals surface area contributed by atoms with E-state index < -0.39 is 0 Å². The average molecular weight is 141 g/mol. The summed E-state index contributed by atoms with van der Waals surface area (Å²) in [5.41, 5.74) is 0. The van der Waals surface area contributed by atoms with E-state index >= 15 is 0 Å². The Morgan fingerprint density at radius 3 is 3.00 bits per heavy atom. The minimum Gasteiger partial charge on any atom is -0.315 e. The summed E-state index contributed by atoms with van der Waals surface area (Å²) in [6.07, 6.45) is 2.65. The average Bonchev–Trinajstić information content (AvgIpc) is 2.05. The van der Waals surface area contributed by atoms with Crippen LogP contribution in [0.2, 0.25) is 0 Å². The SMILES string of the molecule is [CH2]CN(C)C1CCCNC1. The predicted octanol–water partition coefficient (Wildman–Crippen LogP) is 0.504. The van der Waals surface area contributed by atoms with Gasteiger partial charge in [0.2, 0.25) is 0 Å². The van der Waals surface area contributed by atoms with E-state index in [9.17, 15) is 0 Å². The maximum absolute atomic E-state index is 3.86. The van der Waals surface area contributed by atoms with E-state index in [4.69, 9.17) is 0 Å². The van der Waals surface area contributed by atoms with Crippen molar-refractivity contribution in [3.05, 3.63) is 6.92 Å². The second-order valence-corrected chi connectivity index (χ2v) is 2.98. The van der Waals surface area contributed by atoms with Gasteiger partial charge >= 0.3 is 0 Å². The topological polar surface area (TPSA) is 15.3 Å². The van der Waals surface area contributed by atoms with Gasteiger partial charge < -0.3 is 10.2 Å². The highest BCUT2D eigenvalue weighted by Crippen LogP contribution is 2.06. The fraction of sp³-hybridized carbons (Fsp3) is 0.875. The van der Waals surface area contributed by atoms with Gasteiger partial charge in [0.15, 0.2) is 0 Å². The summed E-state index contributed by atoms with van der Waals surface area (Å²) >= 11 is 0. The van der Waals surface area contributed by atoms with Crippen molar-refractivity contribution in [2.75, 3.05) is 26.7 Å². The van der Waals surface area contributed by atoms with Gasteiger partial charge in [-0.1, -0.05) is 0 Å². The highest BCUT2D eigenvalue weighted by atomic mass is 15.1. The minimum atomic E-state index is 0.728. The summed E-state index contributed by atoms with van der Waals surface area (Å²) in [6, 6.07) is 0.728. The van der Waals surface area contributed by atoms with Crippen LogP contribution in [0.3, 0.4) is 0 Å².